The van der Waals surface area contributed by atoms with Gasteiger partial charge in [0.15, 0.2) is 0 Å². The van der Waals surface area contributed by atoms with E-state index in [-0.39, 0.29) is 6.29 Å². The van der Waals surface area contributed by atoms with E-state index >= 15 is 0 Å². The van der Waals surface area contributed by atoms with Gasteiger partial charge in [0.25, 0.3) is 0 Å². The molecular weight excluding hydrogens is 162 g/mol. The summed E-state index contributed by atoms with van der Waals surface area (Å²) in [5, 5.41) is 3.05. The zero-order valence-electron chi connectivity index (χ0n) is 9.01. The van der Waals surface area contributed by atoms with Crippen molar-refractivity contribution in [2.75, 3.05) is 6.54 Å². The van der Waals surface area contributed by atoms with Crippen molar-refractivity contribution in [2.24, 2.45) is 17.4 Å². The first kappa shape index (κ1) is 12.6. The third-order valence-electron chi connectivity index (χ3n) is 2.08. The number of nitrogens with two attached hydrogens (primary N) is 2. The Hall–Kier alpha value is -0.380. The van der Waals surface area contributed by atoms with Crippen LogP contribution in [0.4, 0.5) is 0 Å². The summed E-state index contributed by atoms with van der Waals surface area (Å²) in [5.41, 5.74) is 12.2. The van der Waals surface area contributed by atoms with E-state index in [2.05, 4.69) is 32.2 Å². The Bertz CT molecular complexity index is 148. The highest BCUT2D eigenvalue weighted by molar-refractivity contribution is 4.94. The van der Waals surface area contributed by atoms with Gasteiger partial charge in [-0.15, -0.1) is 0 Å². The Kier molecular flexibility index (Phi) is 6.86. The maximum Gasteiger partial charge on any atom is 0.106 e. The molecule has 0 aliphatic heterocycles. The highest BCUT2D eigenvalue weighted by Gasteiger charge is 2.04. The summed E-state index contributed by atoms with van der Waals surface area (Å²) in [4.78, 5) is 0. The molecule has 0 spiro atoms. The Labute approximate surface area is 81.6 Å². The van der Waals surface area contributed by atoms with Gasteiger partial charge in [0.1, 0.15) is 6.29 Å². The molecule has 78 valence electrons. The molecule has 0 fully saturated rings. The van der Waals surface area contributed by atoms with Gasteiger partial charge in [-0.05, 0) is 26.2 Å². The third kappa shape index (κ3) is 7.96. The predicted octanol–water partition coefficient (Wildman–Crippen LogP) is 1.16. The second-order valence-corrected chi connectivity index (χ2v) is 3.73. The van der Waals surface area contributed by atoms with E-state index in [1.807, 2.05) is 0 Å². The lowest BCUT2D eigenvalue weighted by Gasteiger charge is -2.15. The zero-order chi connectivity index (χ0) is 10.3. The lowest BCUT2D eigenvalue weighted by molar-refractivity contribution is 0.427. The number of hydrogen-bond donors (Lipinski definition) is 3. The summed E-state index contributed by atoms with van der Waals surface area (Å²) in [6.07, 6.45) is 4.14. The Morgan fingerprint density at radius 2 is 2.00 bits per heavy atom. The van der Waals surface area contributed by atoms with E-state index in [4.69, 9.17) is 11.5 Å². The maximum atomic E-state index is 5.40. The summed E-state index contributed by atoms with van der Waals surface area (Å²) < 4.78 is 0. The molecule has 3 heteroatoms. The lowest BCUT2D eigenvalue weighted by Crippen LogP contribution is -2.46. The van der Waals surface area contributed by atoms with Gasteiger partial charge in [-0.2, -0.15) is 0 Å². The minimum absolute atomic E-state index is 0.388. The molecule has 0 saturated heterocycles. The van der Waals surface area contributed by atoms with Crippen molar-refractivity contribution in [3.05, 3.63) is 11.6 Å². The molecular formula is C10H23N3. The molecule has 0 rings (SSSR count). The monoisotopic (exact) mass is 185 g/mol. The zero-order valence-corrected chi connectivity index (χ0v) is 9.01. The fraction of sp³-hybridized carbons (Fsp3) is 0.800. The molecule has 0 aromatic heterocycles. The van der Waals surface area contributed by atoms with Gasteiger partial charge in [-0.25, -0.2) is 0 Å². The van der Waals surface area contributed by atoms with Crippen LogP contribution in [0, 0.1) is 5.92 Å². The van der Waals surface area contributed by atoms with Gasteiger partial charge < -0.3 is 11.5 Å². The first-order chi connectivity index (χ1) is 6.06. The SMILES string of the molecule is CC[C@H](CC=C(C)C)CNC(N)N. The molecule has 0 aliphatic rings. The summed E-state index contributed by atoms with van der Waals surface area (Å²) >= 11 is 0. The standard InChI is InChI=1S/C10H23N3/c1-4-9(6-5-8(2)3)7-13-10(11)12/h5,9-10,13H,4,6-7,11-12H2,1-3H3/t9-/m1/s1. The quantitative estimate of drug-likeness (QED) is 0.430. The Morgan fingerprint density at radius 1 is 1.38 bits per heavy atom. The van der Waals surface area contributed by atoms with Gasteiger partial charge in [0, 0.05) is 6.54 Å². The second kappa shape index (κ2) is 7.06. The van der Waals surface area contributed by atoms with Crippen molar-refractivity contribution in [3.8, 4) is 0 Å². The van der Waals surface area contributed by atoms with Crippen LogP contribution in [-0.2, 0) is 0 Å². The Balaban J connectivity index is 3.70. The topological polar surface area (TPSA) is 64.1 Å². The molecule has 0 heterocycles. The van der Waals surface area contributed by atoms with Gasteiger partial charge in [-0.3, -0.25) is 5.32 Å². The minimum Gasteiger partial charge on any atom is -0.304 e. The van der Waals surface area contributed by atoms with Crippen molar-refractivity contribution in [2.45, 2.75) is 39.9 Å². The van der Waals surface area contributed by atoms with E-state index in [0.29, 0.717) is 5.92 Å². The van der Waals surface area contributed by atoms with Crippen LogP contribution in [0.3, 0.4) is 0 Å². The van der Waals surface area contributed by atoms with E-state index in [1.54, 1.807) is 0 Å². The molecule has 0 aliphatic carbocycles. The fourth-order valence-electron chi connectivity index (χ4n) is 1.10. The number of hydrogen-bond acceptors (Lipinski definition) is 3. The van der Waals surface area contributed by atoms with Crippen molar-refractivity contribution < 1.29 is 0 Å². The largest absolute Gasteiger partial charge is 0.304 e. The molecule has 3 nitrogen and oxygen atoms in total. The van der Waals surface area contributed by atoms with E-state index in [1.165, 1.54) is 5.57 Å². The number of rotatable bonds is 6. The average Bonchev–Trinajstić information content (AvgIpc) is 2.04. The second-order valence-electron chi connectivity index (χ2n) is 3.73. The molecule has 0 amide bonds. The fourth-order valence-corrected chi connectivity index (χ4v) is 1.10. The molecule has 0 aromatic rings. The van der Waals surface area contributed by atoms with Gasteiger partial charge in [0.2, 0.25) is 0 Å². The number of nitrogens with one attached hydrogen (secondary N) is 1. The Morgan fingerprint density at radius 3 is 2.38 bits per heavy atom. The van der Waals surface area contributed by atoms with Crippen LogP contribution in [0.1, 0.15) is 33.6 Å². The molecule has 0 unspecified atom stereocenters. The van der Waals surface area contributed by atoms with Crippen molar-refractivity contribution in [1.29, 1.82) is 0 Å². The maximum absolute atomic E-state index is 5.40. The first-order valence-corrected chi connectivity index (χ1v) is 4.94. The summed E-state index contributed by atoms with van der Waals surface area (Å²) in [6.45, 7) is 7.33. The molecule has 0 saturated carbocycles. The highest BCUT2D eigenvalue weighted by Crippen LogP contribution is 2.09. The van der Waals surface area contributed by atoms with Crippen molar-refractivity contribution >= 4 is 0 Å². The van der Waals surface area contributed by atoms with Crippen LogP contribution in [0.15, 0.2) is 11.6 Å². The number of allylic oxidation sites excluding steroid dienone is 2. The molecule has 0 bridgehead atoms. The molecule has 5 N–H and O–H groups in total. The van der Waals surface area contributed by atoms with Crippen LogP contribution in [-0.4, -0.2) is 12.8 Å². The van der Waals surface area contributed by atoms with E-state index < -0.39 is 0 Å². The lowest BCUT2D eigenvalue weighted by atomic mass is 10.0. The van der Waals surface area contributed by atoms with Crippen molar-refractivity contribution in [3.63, 3.8) is 0 Å². The molecule has 13 heavy (non-hydrogen) atoms. The normalized spacial score (nSPS) is 13.1. The predicted molar refractivity (Wildman–Crippen MR) is 58.0 cm³/mol. The van der Waals surface area contributed by atoms with Gasteiger partial charge in [0.05, 0.1) is 0 Å². The third-order valence-corrected chi connectivity index (χ3v) is 2.08. The molecule has 0 aromatic carbocycles. The molecule has 1 atom stereocenters. The highest BCUT2D eigenvalue weighted by atomic mass is 15.1. The average molecular weight is 185 g/mol. The smallest absolute Gasteiger partial charge is 0.106 e. The molecule has 0 radical (unpaired) electrons. The van der Waals surface area contributed by atoms with Crippen LogP contribution >= 0.6 is 0 Å². The van der Waals surface area contributed by atoms with Crippen LogP contribution in [0.25, 0.3) is 0 Å². The first-order valence-electron chi connectivity index (χ1n) is 4.94. The van der Waals surface area contributed by atoms with Gasteiger partial charge >= 0.3 is 0 Å². The van der Waals surface area contributed by atoms with Crippen LogP contribution in [0.2, 0.25) is 0 Å². The van der Waals surface area contributed by atoms with Crippen molar-refractivity contribution in [1.82, 2.24) is 5.32 Å². The van der Waals surface area contributed by atoms with Gasteiger partial charge in [-0.1, -0.05) is 25.0 Å². The van der Waals surface area contributed by atoms with Crippen LogP contribution in [0.5, 0.6) is 0 Å². The summed E-state index contributed by atoms with van der Waals surface area (Å²) in [5.74, 6) is 0.643. The van der Waals surface area contributed by atoms with Crippen LogP contribution < -0.4 is 16.8 Å². The van der Waals surface area contributed by atoms with E-state index in [0.717, 1.165) is 19.4 Å². The minimum atomic E-state index is -0.388. The summed E-state index contributed by atoms with van der Waals surface area (Å²) in [7, 11) is 0. The van der Waals surface area contributed by atoms with E-state index in [9.17, 15) is 0 Å². The summed E-state index contributed by atoms with van der Waals surface area (Å²) in [6, 6.07) is 0.